The van der Waals surface area contributed by atoms with Gasteiger partial charge in [-0.2, -0.15) is 0 Å². The van der Waals surface area contributed by atoms with E-state index in [4.69, 9.17) is 16.9 Å². The van der Waals surface area contributed by atoms with Gasteiger partial charge in [0.2, 0.25) is 70.8 Å². The van der Waals surface area contributed by atoms with Crippen molar-refractivity contribution in [2.24, 2.45) is 101 Å². The van der Waals surface area contributed by atoms with Crippen LogP contribution in [-0.2, 0) is 46.5 Å². The number of carbonyl (C=O) groups excluding carboxylic acids is 1. The molecule has 126 heavy (non-hydrogen) atoms. The maximum atomic E-state index is 15.4. The number of guanidine groups is 1. The minimum Gasteiger partial charge on any atom is -0.508 e. The van der Waals surface area contributed by atoms with Gasteiger partial charge in [-0.1, -0.05) is 130 Å². The number of carboxylic acid groups (broad SMARTS) is 2. The number of aliphatic imine (C=N–C) groups is 12. The predicted molar refractivity (Wildman–Crippen MR) is 481 cm³/mol. The van der Waals surface area contributed by atoms with Crippen LogP contribution in [0.2, 0.25) is 0 Å². The van der Waals surface area contributed by atoms with Gasteiger partial charge in [0.05, 0.1) is 31.7 Å². The van der Waals surface area contributed by atoms with Crippen LogP contribution < -0.4 is 16.8 Å². The highest BCUT2D eigenvalue weighted by molar-refractivity contribution is 5.97. The van der Waals surface area contributed by atoms with Crippen molar-refractivity contribution in [2.45, 2.75) is 237 Å². The number of rotatable bonds is 51. The summed E-state index contributed by atoms with van der Waals surface area (Å²) < 4.78 is 0. The van der Waals surface area contributed by atoms with Crippen LogP contribution in [0, 0.1) is 35.0 Å². The highest BCUT2D eigenvalue weighted by Gasteiger charge is 2.40. The largest absolute Gasteiger partial charge is 0.508 e. The van der Waals surface area contributed by atoms with E-state index < -0.39 is 204 Å². The molecule has 0 aliphatic carbocycles. The first-order chi connectivity index (χ1) is 59.6. The summed E-state index contributed by atoms with van der Waals surface area (Å²) in [6.45, 7) is 16.4. The van der Waals surface area contributed by atoms with E-state index in [2.05, 4.69) is 85.2 Å². The van der Waals surface area contributed by atoms with E-state index >= 15 is 4.79 Å². The number of nitrogens with one attached hydrogen (secondary N) is 4. The number of imidazole rings is 2. The lowest BCUT2D eigenvalue weighted by molar-refractivity contribution is -0.139. The summed E-state index contributed by atoms with van der Waals surface area (Å²) in [6.07, 6.45) is 4.85. The molecule has 1 aliphatic heterocycles. The first-order valence-corrected chi connectivity index (χ1v) is 41.6. The Balaban J connectivity index is 1.41. The molecule has 6 rings (SSSR count). The summed E-state index contributed by atoms with van der Waals surface area (Å²) in [5.41, 5.74) is 13.6. The van der Waals surface area contributed by atoms with Crippen LogP contribution >= 0.6 is 0 Å². The van der Waals surface area contributed by atoms with E-state index in [-0.39, 0.29) is 107 Å². The van der Waals surface area contributed by atoms with E-state index in [0.29, 0.717) is 40.9 Å². The molecular formula is C85H123N21O20. The first-order valence-electron chi connectivity index (χ1n) is 41.6. The molecule has 5 aromatic rings. The van der Waals surface area contributed by atoms with Gasteiger partial charge in [0.25, 0.3) is 0 Å². The molecular weight excluding hydrogens is 1640 g/mol. The average molecular weight is 1760 g/mol. The maximum absolute atomic E-state index is 15.4. The molecule has 0 spiro atoms. The lowest BCUT2D eigenvalue weighted by Gasteiger charge is -2.28. The second-order valence-electron chi connectivity index (χ2n) is 32.3. The Morgan fingerprint density at radius 1 is 0.492 bits per heavy atom. The topological polar surface area (TPSA) is 692 Å². The summed E-state index contributed by atoms with van der Waals surface area (Å²) in [4.78, 5) is 107. The summed E-state index contributed by atoms with van der Waals surface area (Å²) in [5, 5.41) is 202. The molecule has 2 aromatic heterocycles. The highest BCUT2D eigenvalue weighted by atomic mass is 16.4. The molecule has 0 saturated carbocycles. The number of hydrogen-bond donors (Lipinski definition) is 23. The number of hydrogen-bond acceptors (Lipinski definition) is 22. The van der Waals surface area contributed by atoms with Crippen LogP contribution in [-0.4, -0.2) is 311 Å². The SMILES string of the molecule is CC[C@@H](C)[C@@H](N=C(O)[C@H](Cc1ccc(O)cc1)N=C(O)[C@@H](N=C(O)[C@H](CCCNC(=N)N)N=C(O)[C@@H](N)CC(=O)O)C(C)C)C(O)=N[C@H](Cc1cnc[nH]1)C(=O)N1CCC[C@H]1C(O)=N[C@@H](Cc1ccccc1)C(O)=N[C@H](Cc1cnc[nH]1)C(O)=N[C@H](CC(C)C)C(O)=N[C@H](CC(C)C)C(O)=N[C@@H](C(O)=N[C@H](Cc1ccc(O)cc1)C(O)=N[C@H](CO)C(=O)O)C(C)C. The van der Waals surface area contributed by atoms with Crippen molar-refractivity contribution in [3.05, 3.63) is 132 Å². The minimum atomic E-state index is -1.79. The molecule has 41 heteroatoms. The van der Waals surface area contributed by atoms with Crippen molar-refractivity contribution < 1.29 is 101 Å². The molecule has 1 saturated heterocycles. The van der Waals surface area contributed by atoms with Crippen molar-refractivity contribution in [1.82, 2.24) is 30.2 Å². The molecule has 1 fully saturated rings. The Morgan fingerprint density at radius 2 is 0.881 bits per heavy atom. The molecule has 1 aliphatic rings. The number of nitrogens with zero attached hydrogens (tertiary/aromatic N) is 15. The van der Waals surface area contributed by atoms with E-state index in [1.807, 2.05) is 27.7 Å². The van der Waals surface area contributed by atoms with Crippen LogP contribution in [0.1, 0.15) is 149 Å². The number of benzene rings is 3. The summed E-state index contributed by atoms with van der Waals surface area (Å²) in [7, 11) is 0. The van der Waals surface area contributed by atoms with Crippen molar-refractivity contribution in [3.8, 4) is 11.5 Å². The van der Waals surface area contributed by atoms with Crippen LogP contribution in [0.5, 0.6) is 11.5 Å². The Hall–Kier alpha value is -13.1. The monoisotopic (exact) mass is 1760 g/mol. The average Bonchev–Trinajstić information content (AvgIpc) is 1.62. The van der Waals surface area contributed by atoms with Gasteiger partial charge in [0.1, 0.15) is 84.0 Å². The van der Waals surface area contributed by atoms with E-state index in [1.165, 1.54) is 78.5 Å². The van der Waals surface area contributed by atoms with E-state index in [1.54, 1.807) is 71.9 Å². The van der Waals surface area contributed by atoms with Gasteiger partial charge < -0.3 is 118 Å². The zero-order chi connectivity index (χ0) is 93.2. The highest BCUT2D eigenvalue weighted by Crippen LogP contribution is 2.27. The second-order valence-corrected chi connectivity index (χ2v) is 32.3. The standard InChI is InChI=1S/C85H123N21O20/c1-11-48(10)70(105-78(119)62(35-51-23-27-55(109)28-24-51)100-80(121)68(46(6)7)103-72(113)57(19-15-29-91-85(87)88)94-71(112)56(86)38-67(110)111)82(123)101-64(37-53-40-90-43-93-53)83(124)106-30-16-20-66(106)79(120)98-60(33-49-17-13-12-14-18-49)74(115)97-63(36-52-39-89-42-92-52)76(117)95-58(31-44(2)3)73(114)96-59(32-45(4)5)77(118)104-69(47(8)9)81(122)99-61(34-50-21-25-54(108)26-22-50)75(116)102-65(41-107)84(125)126/h12-14,17-18,21-28,39-40,42-48,56-66,68-70,107-109H,11,15-16,19-20,29-38,41,86H2,1-10H3,(H,89,92)(H,90,93)(H,94,112)(H,95,117)(H,96,114)(H,97,115)(H,98,120)(H,99,122)(H,100,121)(H,101,123)(H,102,116)(H,103,113)(H,104,118)(H,105,119)(H,110,111)(H,125,126)(H4,87,88,91)/t48-,56+,57+,58-,59-,60+,61-,62+,63-,64-,65-,66+,68+,69-,70-/m1/s1. The van der Waals surface area contributed by atoms with Crippen molar-refractivity contribution in [2.75, 3.05) is 19.7 Å². The number of amides is 1. The van der Waals surface area contributed by atoms with Crippen LogP contribution in [0.3, 0.4) is 0 Å². The molecule has 688 valence electrons. The fourth-order valence-corrected chi connectivity index (χ4v) is 13.3. The first kappa shape index (κ1) is 102. The third-order valence-electron chi connectivity index (χ3n) is 20.3. The predicted octanol–water partition coefficient (Wildman–Crippen LogP) is 8.54. The minimum absolute atomic E-state index is 0.0240. The van der Waals surface area contributed by atoms with Gasteiger partial charge in [-0.15, -0.1) is 0 Å². The van der Waals surface area contributed by atoms with Crippen LogP contribution in [0.25, 0.3) is 0 Å². The van der Waals surface area contributed by atoms with Gasteiger partial charge in [-0.05, 0) is 109 Å². The second kappa shape index (κ2) is 50.0. The number of aromatic nitrogens is 4. The van der Waals surface area contributed by atoms with Gasteiger partial charge >= 0.3 is 11.9 Å². The van der Waals surface area contributed by atoms with Crippen molar-refractivity contribution in [1.29, 1.82) is 5.41 Å². The smallest absolute Gasteiger partial charge is 0.330 e. The lowest BCUT2D eigenvalue weighted by Crippen LogP contribution is -2.46. The quantitative estimate of drug-likeness (QED) is 0.00984. The molecule has 3 aromatic carbocycles. The van der Waals surface area contributed by atoms with Crippen molar-refractivity contribution >= 4 is 94.6 Å². The number of likely N-dealkylation sites (tertiary alicyclic amines) is 1. The number of aliphatic hydroxyl groups is 13. The number of carbonyl (C=O) groups is 3. The molecule has 0 radical (unpaired) electrons. The summed E-state index contributed by atoms with van der Waals surface area (Å²) in [5.74, 6) is -15.4. The lowest BCUT2D eigenvalue weighted by atomic mass is 9.98. The molecule has 0 bridgehead atoms. The number of phenolic OH excluding ortho intramolecular Hbond substituents is 2. The molecule has 41 nitrogen and oxygen atoms in total. The van der Waals surface area contributed by atoms with Gasteiger partial charge in [-0.25, -0.2) is 74.7 Å². The molecule has 15 atom stereocenters. The van der Waals surface area contributed by atoms with Gasteiger partial charge in [0.15, 0.2) is 17.9 Å². The third-order valence-corrected chi connectivity index (χ3v) is 20.3. The summed E-state index contributed by atoms with van der Waals surface area (Å²) in [6, 6.07) is 0.0908. The Kier molecular flexibility index (Phi) is 40.4. The fourth-order valence-electron chi connectivity index (χ4n) is 13.3. The maximum Gasteiger partial charge on any atom is 0.330 e. The zero-order valence-electron chi connectivity index (χ0n) is 72.3. The van der Waals surface area contributed by atoms with Crippen molar-refractivity contribution in [3.63, 3.8) is 0 Å². The number of carboxylic acids is 2. The summed E-state index contributed by atoms with van der Waals surface area (Å²) >= 11 is 0. The molecule has 3 heterocycles. The number of aromatic hydroxyl groups is 2. The van der Waals surface area contributed by atoms with Crippen LogP contribution in [0.4, 0.5) is 0 Å². The number of H-pyrrole nitrogens is 2. The number of aliphatic hydroxyl groups excluding tert-OH is 13. The fraction of sp³-hybridized carbons (Fsp3) is 0.529. The normalized spacial score (nSPS) is 18.3. The van der Waals surface area contributed by atoms with Crippen LogP contribution in [0.15, 0.2) is 164 Å². The number of aliphatic carboxylic acids is 2. The van der Waals surface area contributed by atoms with Gasteiger partial charge in [-0.3, -0.25) is 15.0 Å². The number of nitrogens with two attached hydrogens (primary N) is 2. The Labute approximate surface area is 729 Å². The Morgan fingerprint density at radius 3 is 1.32 bits per heavy atom. The van der Waals surface area contributed by atoms with E-state index in [9.17, 15) is 96.4 Å². The molecule has 25 N–H and O–H groups in total. The third kappa shape index (κ3) is 32.9. The molecule has 1 amide bonds. The molecule has 0 unspecified atom stereocenters. The van der Waals surface area contributed by atoms with Gasteiger partial charge in [0, 0.05) is 69.0 Å². The number of aromatic amines is 2. The zero-order valence-corrected chi connectivity index (χ0v) is 72.3. The Bertz CT molecular complexity index is 4690. The van der Waals surface area contributed by atoms with E-state index in [0.717, 1.165) is 0 Å². The number of phenols is 2.